The van der Waals surface area contributed by atoms with Crippen LogP contribution in [0.3, 0.4) is 0 Å². The number of carboxylic acids is 1. The molecule has 0 radical (unpaired) electrons. The first kappa shape index (κ1) is 16.0. The van der Waals surface area contributed by atoms with Crippen molar-refractivity contribution < 1.29 is 23.1 Å². The van der Waals surface area contributed by atoms with E-state index in [4.69, 9.17) is 5.11 Å². The van der Waals surface area contributed by atoms with Gasteiger partial charge < -0.3 is 10.4 Å². The number of hydrogen-bond acceptors (Lipinski definition) is 4. The summed E-state index contributed by atoms with van der Waals surface area (Å²) in [6.07, 6.45) is 0.636. The largest absolute Gasteiger partial charge is 0.478 e. The fourth-order valence-electron chi connectivity index (χ4n) is 2.52. The van der Waals surface area contributed by atoms with Gasteiger partial charge in [0.2, 0.25) is 0 Å². The molecule has 1 amide bonds. The van der Waals surface area contributed by atoms with Crippen LogP contribution in [0.4, 0.5) is 5.69 Å². The number of sulfonamides is 1. The fourth-order valence-corrected chi connectivity index (χ4v) is 3.63. The Morgan fingerprint density at radius 1 is 1.17 bits per heavy atom. The molecule has 2 aromatic rings. The molecule has 0 aromatic heterocycles. The van der Waals surface area contributed by atoms with Gasteiger partial charge in [0, 0.05) is 12.1 Å². The van der Waals surface area contributed by atoms with Crippen LogP contribution in [0.25, 0.3) is 0 Å². The van der Waals surface area contributed by atoms with Crippen LogP contribution < -0.4 is 10.0 Å². The Hall–Kier alpha value is -2.87. The second-order valence-electron chi connectivity index (χ2n) is 5.28. The first-order valence-electron chi connectivity index (χ1n) is 7.15. The van der Waals surface area contributed by atoms with Gasteiger partial charge in [0.05, 0.1) is 16.1 Å². The number of carbonyl (C=O) groups excluding carboxylic acids is 1. The molecule has 0 unspecified atom stereocenters. The number of nitrogens with one attached hydrogen (secondary N) is 2. The summed E-state index contributed by atoms with van der Waals surface area (Å²) in [5, 5.41) is 11.8. The third kappa shape index (κ3) is 2.95. The zero-order valence-electron chi connectivity index (χ0n) is 12.4. The highest BCUT2D eigenvalue weighted by molar-refractivity contribution is 7.92. The van der Waals surface area contributed by atoms with Gasteiger partial charge in [-0.3, -0.25) is 9.52 Å². The predicted molar refractivity (Wildman–Crippen MR) is 86.7 cm³/mol. The Bertz CT molecular complexity index is 937. The Labute approximate surface area is 138 Å². The topological polar surface area (TPSA) is 113 Å². The van der Waals surface area contributed by atoms with Crippen LogP contribution in [0.15, 0.2) is 47.4 Å². The van der Waals surface area contributed by atoms with Crippen LogP contribution in [-0.4, -0.2) is 31.9 Å². The number of aromatic carboxylic acids is 1. The summed E-state index contributed by atoms with van der Waals surface area (Å²) in [6.45, 7) is 0.516. The molecule has 24 heavy (non-hydrogen) atoms. The molecule has 8 heteroatoms. The summed E-state index contributed by atoms with van der Waals surface area (Å²) >= 11 is 0. The van der Waals surface area contributed by atoms with Crippen LogP contribution in [0.1, 0.15) is 26.3 Å². The minimum atomic E-state index is -4.02. The highest BCUT2D eigenvalue weighted by atomic mass is 32.2. The number of benzene rings is 2. The zero-order valence-corrected chi connectivity index (χ0v) is 13.3. The number of amides is 1. The van der Waals surface area contributed by atoms with E-state index in [-0.39, 0.29) is 22.1 Å². The van der Waals surface area contributed by atoms with Crippen LogP contribution in [-0.2, 0) is 16.4 Å². The number of carbonyl (C=O) groups is 2. The molecular weight excluding hydrogens is 332 g/mol. The van der Waals surface area contributed by atoms with Crippen molar-refractivity contribution in [1.29, 1.82) is 0 Å². The average Bonchev–Trinajstić information content (AvgIpc) is 2.55. The lowest BCUT2D eigenvalue weighted by atomic mass is 10.0. The molecule has 1 aliphatic rings. The Balaban J connectivity index is 1.99. The fraction of sp³-hybridized carbons (Fsp3) is 0.125. The maximum Gasteiger partial charge on any atom is 0.337 e. The first-order chi connectivity index (χ1) is 11.4. The first-order valence-corrected chi connectivity index (χ1v) is 8.63. The molecule has 3 N–H and O–H groups in total. The van der Waals surface area contributed by atoms with Gasteiger partial charge in [-0.1, -0.05) is 18.2 Å². The predicted octanol–water partition coefficient (Wildman–Crippen LogP) is 1.47. The molecule has 0 saturated carbocycles. The number of rotatable bonds is 4. The maximum atomic E-state index is 12.5. The minimum Gasteiger partial charge on any atom is -0.478 e. The molecule has 3 rings (SSSR count). The average molecular weight is 346 g/mol. The van der Waals surface area contributed by atoms with Gasteiger partial charge >= 0.3 is 5.97 Å². The monoisotopic (exact) mass is 346 g/mol. The molecule has 7 nitrogen and oxygen atoms in total. The number of anilines is 1. The number of carboxylic acid groups (broad SMARTS) is 1. The molecule has 0 atom stereocenters. The van der Waals surface area contributed by atoms with Crippen molar-refractivity contribution in [2.24, 2.45) is 0 Å². The van der Waals surface area contributed by atoms with Crippen molar-refractivity contribution in [3.8, 4) is 0 Å². The molecule has 0 aliphatic carbocycles. The van der Waals surface area contributed by atoms with Gasteiger partial charge in [0.25, 0.3) is 15.9 Å². The highest BCUT2D eigenvalue weighted by Gasteiger charge is 2.23. The molecule has 0 spiro atoms. The lowest BCUT2D eigenvalue weighted by Crippen LogP contribution is -2.32. The zero-order chi connectivity index (χ0) is 17.3. The lowest BCUT2D eigenvalue weighted by molar-refractivity contribution is 0.0697. The van der Waals surface area contributed by atoms with Crippen LogP contribution in [0.5, 0.6) is 0 Å². The van der Waals surface area contributed by atoms with E-state index >= 15 is 0 Å². The van der Waals surface area contributed by atoms with Gasteiger partial charge in [0.1, 0.15) is 0 Å². The normalized spacial score (nSPS) is 13.8. The van der Waals surface area contributed by atoms with Gasteiger partial charge in [-0.05, 0) is 36.2 Å². The smallest absolute Gasteiger partial charge is 0.337 e. The second kappa shape index (κ2) is 5.97. The third-order valence-electron chi connectivity index (χ3n) is 3.72. The standard InChI is InChI=1S/C16H14N2O5S/c19-15-13-9-11(6-5-10(13)7-8-17-15)24(22,23)18-14-4-2-1-3-12(14)16(20)21/h1-6,9,18H,7-8H2,(H,17,19)(H,20,21). The van der Waals surface area contributed by atoms with E-state index in [2.05, 4.69) is 10.0 Å². The molecule has 1 aliphatic heterocycles. The van der Waals surface area contributed by atoms with E-state index < -0.39 is 16.0 Å². The van der Waals surface area contributed by atoms with Crippen molar-refractivity contribution in [1.82, 2.24) is 5.32 Å². The SMILES string of the molecule is O=C1NCCc2ccc(S(=O)(=O)Nc3ccccc3C(=O)O)cc21. The third-order valence-corrected chi connectivity index (χ3v) is 5.08. The molecule has 1 heterocycles. The van der Waals surface area contributed by atoms with E-state index in [0.717, 1.165) is 5.56 Å². The maximum absolute atomic E-state index is 12.5. The molecular formula is C16H14N2O5S. The second-order valence-corrected chi connectivity index (χ2v) is 6.96. The Morgan fingerprint density at radius 2 is 1.92 bits per heavy atom. The van der Waals surface area contributed by atoms with Crippen molar-refractivity contribution in [2.45, 2.75) is 11.3 Å². The quantitative estimate of drug-likeness (QED) is 0.776. The van der Waals surface area contributed by atoms with Crippen molar-refractivity contribution in [3.63, 3.8) is 0 Å². The van der Waals surface area contributed by atoms with E-state index in [1.54, 1.807) is 6.07 Å². The van der Waals surface area contributed by atoms with Crippen molar-refractivity contribution in [3.05, 3.63) is 59.2 Å². The minimum absolute atomic E-state index is 0.0350. The highest BCUT2D eigenvalue weighted by Crippen LogP contribution is 2.23. The molecule has 0 bridgehead atoms. The van der Waals surface area contributed by atoms with Gasteiger partial charge in [-0.15, -0.1) is 0 Å². The van der Waals surface area contributed by atoms with Gasteiger partial charge in [0.15, 0.2) is 0 Å². The summed E-state index contributed by atoms with van der Waals surface area (Å²) in [5.41, 5.74) is 0.906. The van der Waals surface area contributed by atoms with E-state index in [1.165, 1.54) is 36.4 Å². The summed E-state index contributed by atoms with van der Waals surface area (Å²) in [4.78, 5) is 23.0. The summed E-state index contributed by atoms with van der Waals surface area (Å²) in [6, 6.07) is 10.0. The lowest BCUT2D eigenvalue weighted by Gasteiger charge is -2.17. The van der Waals surface area contributed by atoms with Gasteiger partial charge in [-0.25, -0.2) is 13.2 Å². The van der Waals surface area contributed by atoms with Crippen LogP contribution in [0.2, 0.25) is 0 Å². The van der Waals surface area contributed by atoms with E-state index in [1.807, 2.05) is 0 Å². The summed E-state index contributed by atoms with van der Waals surface area (Å²) < 4.78 is 27.3. The van der Waals surface area contributed by atoms with Crippen LogP contribution in [0, 0.1) is 0 Å². The molecule has 0 saturated heterocycles. The molecule has 124 valence electrons. The number of fused-ring (bicyclic) bond motifs is 1. The Morgan fingerprint density at radius 3 is 2.67 bits per heavy atom. The summed E-state index contributed by atoms with van der Waals surface area (Å²) in [7, 11) is -4.02. The van der Waals surface area contributed by atoms with Crippen LogP contribution >= 0.6 is 0 Å². The van der Waals surface area contributed by atoms with Crippen molar-refractivity contribution >= 4 is 27.6 Å². The number of hydrogen-bond donors (Lipinski definition) is 3. The molecule has 2 aromatic carbocycles. The van der Waals surface area contributed by atoms with Gasteiger partial charge in [-0.2, -0.15) is 0 Å². The van der Waals surface area contributed by atoms with E-state index in [0.29, 0.717) is 18.5 Å². The van der Waals surface area contributed by atoms with Crippen molar-refractivity contribution in [2.75, 3.05) is 11.3 Å². The number of para-hydroxylation sites is 1. The van der Waals surface area contributed by atoms with E-state index in [9.17, 15) is 18.0 Å². The molecule has 0 fully saturated rings. The Kier molecular flexibility index (Phi) is 3.98. The summed E-state index contributed by atoms with van der Waals surface area (Å²) in [5.74, 6) is -1.56.